The third kappa shape index (κ3) is 2.88. The highest BCUT2D eigenvalue weighted by molar-refractivity contribution is 5.90. The Hall–Kier alpha value is -2.56. The number of benzene rings is 2. The van der Waals surface area contributed by atoms with E-state index < -0.39 is 12.5 Å². The first kappa shape index (κ1) is 14.4. The molecule has 0 spiro atoms. The van der Waals surface area contributed by atoms with Gasteiger partial charge in [0.25, 0.3) is 6.43 Å². The highest BCUT2D eigenvalue weighted by Gasteiger charge is 2.17. The maximum absolute atomic E-state index is 12.8. The average Bonchev–Trinajstić information content (AvgIpc) is 2.55. The maximum Gasteiger partial charge on any atom is 0.258 e. The fourth-order valence-electron chi connectivity index (χ4n) is 2.18. The van der Waals surface area contributed by atoms with E-state index in [0.29, 0.717) is 11.6 Å². The van der Waals surface area contributed by atoms with E-state index in [1.165, 1.54) is 6.92 Å². The first-order valence-corrected chi connectivity index (χ1v) is 7.02. The van der Waals surface area contributed by atoms with Crippen LogP contribution in [0.15, 0.2) is 54.6 Å². The Labute approximate surface area is 127 Å². The van der Waals surface area contributed by atoms with Crippen LogP contribution in [0.25, 0.3) is 22.3 Å². The van der Waals surface area contributed by atoms with Gasteiger partial charge in [-0.2, -0.15) is 0 Å². The molecular weight excluding hydrogens is 284 g/mol. The van der Waals surface area contributed by atoms with E-state index in [-0.39, 0.29) is 0 Å². The van der Waals surface area contributed by atoms with Crippen molar-refractivity contribution in [3.05, 3.63) is 54.6 Å². The van der Waals surface area contributed by atoms with Gasteiger partial charge in [-0.3, -0.25) is 0 Å². The van der Waals surface area contributed by atoms with Gasteiger partial charge in [0.1, 0.15) is 5.82 Å². The zero-order valence-electron chi connectivity index (χ0n) is 12.0. The number of nitrogens with one attached hydrogen (secondary N) is 1. The highest BCUT2D eigenvalue weighted by Crippen LogP contribution is 2.25. The van der Waals surface area contributed by atoms with Crippen molar-refractivity contribution in [3.63, 3.8) is 0 Å². The number of hydrogen-bond acceptors (Lipinski definition) is 3. The fraction of sp³-hybridized carbons (Fsp3) is 0.176. The molecule has 0 saturated carbocycles. The lowest BCUT2D eigenvalue weighted by molar-refractivity contribution is 0.130. The first-order chi connectivity index (χ1) is 10.6. The Kier molecular flexibility index (Phi) is 3.96. The molecule has 112 valence electrons. The third-order valence-corrected chi connectivity index (χ3v) is 3.38. The minimum atomic E-state index is -2.46. The molecule has 3 rings (SSSR count). The van der Waals surface area contributed by atoms with Gasteiger partial charge in [0, 0.05) is 10.9 Å². The lowest BCUT2D eigenvalue weighted by atomic mass is 10.1. The monoisotopic (exact) mass is 299 g/mol. The van der Waals surface area contributed by atoms with Crippen LogP contribution >= 0.6 is 0 Å². The number of anilines is 1. The molecule has 1 heterocycles. The van der Waals surface area contributed by atoms with Crippen molar-refractivity contribution in [1.29, 1.82) is 0 Å². The molecule has 5 heteroatoms. The molecule has 0 aliphatic heterocycles. The van der Waals surface area contributed by atoms with Gasteiger partial charge in [0.2, 0.25) is 0 Å². The molecule has 0 fully saturated rings. The number of hydrogen-bond donors (Lipinski definition) is 1. The number of nitrogens with zero attached hydrogens (tertiary/aromatic N) is 2. The van der Waals surface area contributed by atoms with Crippen molar-refractivity contribution in [2.45, 2.75) is 19.4 Å². The number of para-hydroxylation sites is 1. The average molecular weight is 299 g/mol. The van der Waals surface area contributed by atoms with Crippen LogP contribution in [0.2, 0.25) is 0 Å². The standard InChI is InChI=1S/C17H15F2N3/c1-11(15(18)19)20-17-13-9-5-6-10-14(13)21-16(22-17)12-7-3-2-4-8-12/h2-11,15H,1H3,(H,20,21,22). The van der Waals surface area contributed by atoms with E-state index in [1.54, 1.807) is 0 Å². The summed E-state index contributed by atoms with van der Waals surface area (Å²) in [6.07, 6.45) is -2.46. The van der Waals surface area contributed by atoms with Crippen LogP contribution in [0.1, 0.15) is 6.92 Å². The van der Waals surface area contributed by atoms with Crippen LogP contribution < -0.4 is 5.32 Å². The molecule has 0 bridgehead atoms. The van der Waals surface area contributed by atoms with Crippen LogP contribution in [-0.4, -0.2) is 22.4 Å². The molecule has 3 nitrogen and oxygen atoms in total. The SMILES string of the molecule is CC(Nc1nc(-c2ccccc2)nc2ccccc12)C(F)F. The zero-order chi connectivity index (χ0) is 15.5. The summed E-state index contributed by atoms with van der Waals surface area (Å²) >= 11 is 0. The van der Waals surface area contributed by atoms with E-state index in [4.69, 9.17) is 0 Å². The number of rotatable bonds is 4. The highest BCUT2D eigenvalue weighted by atomic mass is 19.3. The van der Waals surface area contributed by atoms with Crippen LogP contribution in [0.5, 0.6) is 0 Å². The topological polar surface area (TPSA) is 37.8 Å². The quantitative estimate of drug-likeness (QED) is 0.777. The Morgan fingerprint density at radius 2 is 1.59 bits per heavy atom. The van der Waals surface area contributed by atoms with E-state index in [9.17, 15) is 8.78 Å². The number of fused-ring (bicyclic) bond motifs is 1. The number of alkyl halides is 2. The van der Waals surface area contributed by atoms with Crippen molar-refractivity contribution >= 4 is 16.7 Å². The van der Waals surface area contributed by atoms with Gasteiger partial charge in [0.05, 0.1) is 11.6 Å². The van der Waals surface area contributed by atoms with Crippen molar-refractivity contribution in [1.82, 2.24) is 9.97 Å². The van der Waals surface area contributed by atoms with E-state index in [1.807, 2.05) is 54.6 Å². The van der Waals surface area contributed by atoms with Crippen LogP contribution in [-0.2, 0) is 0 Å². The molecule has 0 amide bonds. The van der Waals surface area contributed by atoms with Crippen molar-refractivity contribution < 1.29 is 8.78 Å². The summed E-state index contributed by atoms with van der Waals surface area (Å²) < 4.78 is 25.7. The van der Waals surface area contributed by atoms with Gasteiger partial charge < -0.3 is 5.32 Å². The molecule has 1 N–H and O–H groups in total. The summed E-state index contributed by atoms with van der Waals surface area (Å²) in [7, 11) is 0. The zero-order valence-corrected chi connectivity index (χ0v) is 12.0. The van der Waals surface area contributed by atoms with E-state index >= 15 is 0 Å². The smallest absolute Gasteiger partial charge is 0.258 e. The summed E-state index contributed by atoms with van der Waals surface area (Å²) in [5, 5.41) is 3.52. The molecule has 2 aromatic carbocycles. The first-order valence-electron chi connectivity index (χ1n) is 7.02. The van der Waals surface area contributed by atoms with Gasteiger partial charge in [-0.15, -0.1) is 0 Å². The molecule has 3 aromatic rings. The second kappa shape index (κ2) is 6.05. The van der Waals surface area contributed by atoms with Gasteiger partial charge in [-0.05, 0) is 19.1 Å². The lowest BCUT2D eigenvalue weighted by Crippen LogP contribution is -2.24. The molecule has 22 heavy (non-hydrogen) atoms. The van der Waals surface area contributed by atoms with Crippen LogP contribution in [0, 0.1) is 0 Å². The fourth-order valence-corrected chi connectivity index (χ4v) is 2.18. The van der Waals surface area contributed by atoms with Crippen molar-refractivity contribution in [3.8, 4) is 11.4 Å². The molecule has 0 aliphatic carbocycles. The molecular formula is C17H15F2N3. The van der Waals surface area contributed by atoms with Gasteiger partial charge in [-0.25, -0.2) is 18.7 Å². The van der Waals surface area contributed by atoms with Crippen LogP contribution in [0.4, 0.5) is 14.6 Å². The van der Waals surface area contributed by atoms with Gasteiger partial charge >= 0.3 is 0 Å². The second-order valence-corrected chi connectivity index (χ2v) is 5.05. The molecule has 0 saturated heterocycles. The van der Waals surface area contributed by atoms with E-state index in [2.05, 4.69) is 15.3 Å². The molecule has 0 aliphatic rings. The number of aromatic nitrogens is 2. The number of halogens is 2. The predicted octanol–water partition coefficient (Wildman–Crippen LogP) is 4.36. The van der Waals surface area contributed by atoms with E-state index in [0.717, 1.165) is 16.5 Å². The van der Waals surface area contributed by atoms with Crippen molar-refractivity contribution in [2.24, 2.45) is 0 Å². The summed E-state index contributed by atoms with van der Waals surface area (Å²) in [5.74, 6) is 0.945. The summed E-state index contributed by atoms with van der Waals surface area (Å²) in [5.41, 5.74) is 1.57. The second-order valence-electron chi connectivity index (χ2n) is 5.05. The van der Waals surface area contributed by atoms with Crippen molar-refractivity contribution in [2.75, 3.05) is 5.32 Å². The summed E-state index contributed by atoms with van der Waals surface area (Å²) in [4.78, 5) is 8.96. The Morgan fingerprint density at radius 1 is 0.909 bits per heavy atom. The molecule has 0 radical (unpaired) electrons. The largest absolute Gasteiger partial charge is 0.361 e. The Balaban J connectivity index is 2.12. The predicted molar refractivity (Wildman–Crippen MR) is 84.1 cm³/mol. The lowest BCUT2D eigenvalue weighted by Gasteiger charge is -2.16. The normalized spacial score (nSPS) is 12.5. The summed E-state index contributed by atoms with van der Waals surface area (Å²) in [6.45, 7) is 1.43. The van der Waals surface area contributed by atoms with Crippen LogP contribution in [0.3, 0.4) is 0 Å². The minimum absolute atomic E-state index is 0.428. The minimum Gasteiger partial charge on any atom is -0.361 e. The Morgan fingerprint density at radius 3 is 2.32 bits per heavy atom. The van der Waals surface area contributed by atoms with Gasteiger partial charge in [0.15, 0.2) is 5.82 Å². The molecule has 1 unspecified atom stereocenters. The molecule has 1 atom stereocenters. The molecule has 1 aromatic heterocycles. The van der Waals surface area contributed by atoms with Gasteiger partial charge in [-0.1, -0.05) is 42.5 Å². The maximum atomic E-state index is 12.8. The Bertz CT molecular complexity index is 775. The summed E-state index contributed by atoms with van der Waals surface area (Å²) in [6, 6.07) is 15.9. The third-order valence-electron chi connectivity index (χ3n) is 3.38.